The zero-order chi connectivity index (χ0) is 27.7. The first kappa shape index (κ1) is 29.0. The van der Waals surface area contributed by atoms with Gasteiger partial charge in [0.2, 0.25) is 21.8 Å². The number of nitrogens with one attached hydrogen (secondary N) is 1. The van der Waals surface area contributed by atoms with Crippen molar-refractivity contribution in [1.82, 2.24) is 10.2 Å². The van der Waals surface area contributed by atoms with E-state index in [1.807, 2.05) is 56.3 Å². The predicted octanol–water partition coefficient (Wildman–Crippen LogP) is 4.34. The van der Waals surface area contributed by atoms with Crippen LogP contribution in [0.1, 0.15) is 38.7 Å². The Labute approximate surface area is 225 Å². The minimum absolute atomic E-state index is 0.128. The van der Waals surface area contributed by atoms with Gasteiger partial charge < -0.3 is 15.0 Å². The first-order valence-corrected chi connectivity index (χ1v) is 14.7. The first-order valence-electron chi connectivity index (χ1n) is 12.8. The first-order chi connectivity index (χ1) is 18.2. The number of hydrogen-bond donors (Lipinski definition) is 1. The van der Waals surface area contributed by atoms with Crippen molar-refractivity contribution in [3.05, 3.63) is 72.3 Å². The van der Waals surface area contributed by atoms with Crippen LogP contribution >= 0.6 is 0 Å². The second-order valence-corrected chi connectivity index (χ2v) is 11.1. The molecule has 3 aromatic carbocycles. The molecule has 0 spiro atoms. The van der Waals surface area contributed by atoms with Crippen molar-refractivity contribution in [3.8, 4) is 5.75 Å². The van der Waals surface area contributed by atoms with Crippen molar-refractivity contribution in [2.75, 3.05) is 30.8 Å². The van der Waals surface area contributed by atoms with Crippen molar-refractivity contribution >= 4 is 38.3 Å². The molecule has 1 unspecified atom stereocenters. The van der Waals surface area contributed by atoms with Gasteiger partial charge in [-0.15, -0.1) is 0 Å². The molecular formula is C29H37N3O5S. The van der Waals surface area contributed by atoms with Crippen molar-refractivity contribution in [2.45, 2.75) is 45.7 Å². The van der Waals surface area contributed by atoms with Gasteiger partial charge in [-0.05, 0) is 42.0 Å². The molecule has 0 radical (unpaired) electrons. The van der Waals surface area contributed by atoms with Crippen LogP contribution in [-0.2, 0) is 26.2 Å². The van der Waals surface area contributed by atoms with Gasteiger partial charge in [0.15, 0.2) is 0 Å². The fourth-order valence-corrected chi connectivity index (χ4v) is 5.28. The highest BCUT2D eigenvalue weighted by molar-refractivity contribution is 7.92. The largest absolute Gasteiger partial charge is 0.497 e. The Morgan fingerprint density at radius 3 is 2.39 bits per heavy atom. The number of benzene rings is 3. The van der Waals surface area contributed by atoms with Crippen molar-refractivity contribution in [1.29, 1.82) is 0 Å². The minimum atomic E-state index is -3.83. The number of fused-ring (bicyclic) bond motifs is 1. The summed E-state index contributed by atoms with van der Waals surface area (Å²) in [6.07, 6.45) is 3.22. The van der Waals surface area contributed by atoms with E-state index >= 15 is 0 Å². The van der Waals surface area contributed by atoms with Gasteiger partial charge in [0, 0.05) is 18.5 Å². The van der Waals surface area contributed by atoms with Crippen LogP contribution in [0.25, 0.3) is 10.8 Å². The molecule has 9 heteroatoms. The molecule has 1 N–H and O–H groups in total. The maximum Gasteiger partial charge on any atom is 0.244 e. The molecule has 3 rings (SSSR count). The molecule has 1 atom stereocenters. The van der Waals surface area contributed by atoms with Crippen LogP contribution in [0.4, 0.5) is 5.69 Å². The third-order valence-corrected chi connectivity index (χ3v) is 7.54. The summed E-state index contributed by atoms with van der Waals surface area (Å²) in [5, 5.41) is 4.51. The van der Waals surface area contributed by atoms with Crippen LogP contribution in [-0.4, -0.2) is 57.6 Å². The quantitative estimate of drug-likeness (QED) is 0.326. The number of ether oxygens (including phenoxy) is 1. The summed E-state index contributed by atoms with van der Waals surface area (Å²) in [6, 6.07) is 19.3. The number of anilines is 1. The molecule has 0 fully saturated rings. The van der Waals surface area contributed by atoms with Crippen LogP contribution < -0.4 is 14.4 Å². The second kappa shape index (κ2) is 13.3. The van der Waals surface area contributed by atoms with E-state index in [4.69, 9.17) is 4.74 Å². The summed E-state index contributed by atoms with van der Waals surface area (Å²) in [6.45, 7) is 4.08. The van der Waals surface area contributed by atoms with Gasteiger partial charge in [-0.3, -0.25) is 13.9 Å². The fraction of sp³-hybridized carbons (Fsp3) is 0.379. The highest BCUT2D eigenvalue weighted by Crippen LogP contribution is 2.29. The standard InChI is InChI=1S/C29H37N3O5S/c1-5-7-18-30-29(34)26(6-2)31(20-22-12-10-15-24(19-22)37-3)28(33)21-32(38(4,35)36)27-17-11-14-23-13-8-9-16-25(23)27/h8-17,19,26H,5-7,18,20-21H2,1-4H3,(H,30,34). The molecule has 2 amide bonds. The van der Waals surface area contributed by atoms with Crippen molar-refractivity contribution < 1.29 is 22.7 Å². The third-order valence-electron chi connectivity index (χ3n) is 6.42. The van der Waals surface area contributed by atoms with E-state index < -0.39 is 28.5 Å². The average Bonchev–Trinajstić information content (AvgIpc) is 2.91. The number of rotatable bonds is 13. The van der Waals surface area contributed by atoms with Gasteiger partial charge in [0.25, 0.3) is 0 Å². The number of carbonyl (C=O) groups is 2. The number of nitrogens with zero attached hydrogens (tertiary/aromatic N) is 2. The maximum absolute atomic E-state index is 13.9. The normalized spacial score (nSPS) is 12.1. The Kier molecular flexibility index (Phi) is 10.1. The molecule has 0 saturated carbocycles. The zero-order valence-electron chi connectivity index (χ0n) is 22.5. The molecule has 0 aliphatic heterocycles. The lowest BCUT2D eigenvalue weighted by Crippen LogP contribution is -2.52. The highest BCUT2D eigenvalue weighted by atomic mass is 32.2. The van der Waals surface area contributed by atoms with E-state index in [0.29, 0.717) is 24.4 Å². The Morgan fingerprint density at radius 2 is 1.71 bits per heavy atom. The summed E-state index contributed by atoms with van der Waals surface area (Å²) >= 11 is 0. The molecule has 0 aromatic heterocycles. The molecule has 38 heavy (non-hydrogen) atoms. The Balaban J connectivity index is 2.00. The van der Waals surface area contributed by atoms with Crippen molar-refractivity contribution in [3.63, 3.8) is 0 Å². The summed E-state index contributed by atoms with van der Waals surface area (Å²) in [5.74, 6) is -0.0965. The van der Waals surface area contributed by atoms with E-state index in [-0.39, 0.29) is 12.5 Å². The van der Waals surface area contributed by atoms with Crippen molar-refractivity contribution in [2.24, 2.45) is 0 Å². The molecule has 0 heterocycles. The van der Waals surface area contributed by atoms with Crippen LogP contribution in [0.3, 0.4) is 0 Å². The monoisotopic (exact) mass is 539 g/mol. The number of methoxy groups -OCH3 is 1. The molecule has 8 nitrogen and oxygen atoms in total. The Hall–Kier alpha value is -3.59. The fourth-order valence-electron chi connectivity index (χ4n) is 4.41. The SMILES string of the molecule is CCCCNC(=O)C(CC)N(Cc1cccc(OC)c1)C(=O)CN(c1cccc2ccccc12)S(C)(=O)=O. The second-order valence-electron chi connectivity index (χ2n) is 9.21. The maximum atomic E-state index is 13.9. The van der Waals surface area contributed by atoms with E-state index in [1.54, 1.807) is 31.4 Å². The third kappa shape index (κ3) is 7.25. The summed E-state index contributed by atoms with van der Waals surface area (Å²) in [5.41, 5.74) is 1.19. The molecule has 204 valence electrons. The lowest BCUT2D eigenvalue weighted by molar-refractivity contribution is -0.140. The zero-order valence-corrected chi connectivity index (χ0v) is 23.3. The van der Waals surface area contributed by atoms with Gasteiger partial charge in [-0.25, -0.2) is 8.42 Å². The summed E-state index contributed by atoms with van der Waals surface area (Å²) < 4.78 is 32.4. The lowest BCUT2D eigenvalue weighted by Gasteiger charge is -2.33. The number of unbranched alkanes of at least 4 members (excludes halogenated alkanes) is 1. The molecule has 0 aliphatic rings. The Morgan fingerprint density at radius 1 is 1.00 bits per heavy atom. The van der Waals surface area contributed by atoms with E-state index in [0.717, 1.165) is 39.7 Å². The van der Waals surface area contributed by atoms with Crippen LogP contribution in [0.15, 0.2) is 66.7 Å². The van der Waals surface area contributed by atoms with Gasteiger partial charge in [-0.1, -0.05) is 68.8 Å². The number of amides is 2. The number of carbonyl (C=O) groups excluding carboxylic acids is 2. The molecule has 0 saturated heterocycles. The van der Waals surface area contributed by atoms with E-state index in [1.165, 1.54) is 4.90 Å². The summed E-state index contributed by atoms with van der Waals surface area (Å²) in [4.78, 5) is 28.6. The van der Waals surface area contributed by atoms with E-state index in [2.05, 4.69) is 5.32 Å². The molecular weight excluding hydrogens is 502 g/mol. The van der Waals surface area contributed by atoms with Gasteiger partial charge >= 0.3 is 0 Å². The lowest BCUT2D eigenvalue weighted by atomic mass is 10.1. The predicted molar refractivity (Wildman–Crippen MR) is 152 cm³/mol. The van der Waals surface area contributed by atoms with Crippen LogP contribution in [0.5, 0.6) is 5.75 Å². The minimum Gasteiger partial charge on any atom is -0.497 e. The van der Waals surface area contributed by atoms with E-state index in [9.17, 15) is 18.0 Å². The average molecular weight is 540 g/mol. The van der Waals surface area contributed by atoms with Crippen LogP contribution in [0, 0.1) is 0 Å². The highest BCUT2D eigenvalue weighted by Gasteiger charge is 2.32. The topological polar surface area (TPSA) is 96.0 Å². The van der Waals surface area contributed by atoms with Gasteiger partial charge in [0.1, 0.15) is 18.3 Å². The molecule has 3 aromatic rings. The van der Waals surface area contributed by atoms with Gasteiger partial charge in [-0.2, -0.15) is 0 Å². The van der Waals surface area contributed by atoms with Gasteiger partial charge in [0.05, 0.1) is 19.1 Å². The van der Waals surface area contributed by atoms with Crippen LogP contribution in [0.2, 0.25) is 0 Å². The smallest absolute Gasteiger partial charge is 0.244 e. The number of sulfonamides is 1. The summed E-state index contributed by atoms with van der Waals surface area (Å²) in [7, 11) is -2.26. The Bertz CT molecular complexity index is 1350. The molecule has 0 aliphatic carbocycles. The molecule has 0 bridgehead atoms. The number of hydrogen-bond acceptors (Lipinski definition) is 5.